The predicted octanol–water partition coefficient (Wildman–Crippen LogP) is 3.15. The molecule has 23 heavy (non-hydrogen) atoms. The second-order valence-corrected chi connectivity index (χ2v) is 5.62. The zero-order valence-electron chi connectivity index (χ0n) is 13.0. The summed E-state index contributed by atoms with van der Waals surface area (Å²) in [7, 11) is 0. The Labute approximate surface area is 134 Å². The van der Waals surface area contributed by atoms with Crippen molar-refractivity contribution >= 4 is 17.3 Å². The Bertz CT molecular complexity index is 733. The molecule has 0 saturated carbocycles. The minimum absolute atomic E-state index is 0.146. The van der Waals surface area contributed by atoms with Crippen molar-refractivity contribution in [2.45, 2.75) is 25.9 Å². The van der Waals surface area contributed by atoms with Crippen LogP contribution in [-0.2, 0) is 11.2 Å². The highest BCUT2D eigenvalue weighted by molar-refractivity contribution is 6.00. The number of nitrogens with two attached hydrogens (primary N) is 1. The van der Waals surface area contributed by atoms with E-state index in [4.69, 9.17) is 10.5 Å². The second-order valence-electron chi connectivity index (χ2n) is 5.62. The van der Waals surface area contributed by atoms with Crippen molar-refractivity contribution in [1.29, 1.82) is 0 Å². The number of halogens is 1. The quantitative estimate of drug-likeness (QED) is 0.882. The number of amides is 1. The molecule has 2 aromatic carbocycles. The minimum Gasteiger partial charge on any atom is -0.478 e. The van der Waals surface area contributed by atoms with Crippen LogP contribution >= 0.6 is 0 Å². The highest BCUT2D eigenvalue weighted by Gasteiger charge is 2.34. The van der Waals surface area contributed by atoms with Gasteiger partial charge in [-0.1, -0.05) is 25.1 Å². The van der Waals surface area contributed by atoms with Crippen LogP contribution in [0.4, 0.5) is 15.8 Å². The van der Waals surface area contributed by atoms with Gasteiger partial charge in [0.15, 0.2) is 6.10 Å². The molecule has 0 aromatic heterocycles. The minimum atomic E-state index is -0.743. The van der Waals surface area contributed by atoms with Crippen LogP contribution in [0.3, 0.4) is 0 Å². The number of carbonyl (C=O) groups excluding carboxylic acids is 1. The van der Waals surface area contributed by atoms with Gasteiger partial charge in [-0.15, -0.1) is 0 Å². The van der Waals surface area contributed by atoms with E-state index >= 15 is 0 Å². The molecule has 4 nitrogen and oxygen atoms in total. The summed E-state index contributed by atoms with van der Waals surface area (Å²) in [5, 5.41) is 0. The molecule has 1 amide bonds. The fourth-order valence-corrected chi connectivity index (χ4v) is 2.79. The molecule has 5 heteroatoms. The zero-order chi connectivity index (χ0) is 16.4. The molecule has 120 valence electrons. The zero-order valence-corrected chi connectivity index (χ0v) is 13.0. The number of hydrogen-bond donors (Lipinski definition) is 1. The molecule has 0 radical (unpaired) electrons. The molecule has 0 bridgehead atoms. The smallest absolute Gasteiger partial charge is 0.268 e. The normalized spacial score (nSPS) is 16.9. The van der Waals surface area contributed by atoms with Crippen LogP contribution in [0.25, 0.3) is 0 Å². The maximum absolute atomic E-state index is 13.9. The van der Waals surface area contributed by atoms with E-state index in [-0.39, 0.29) is 18.1 Å². The van der Waals surface area contributed by atoms with Crippen LogP contribution in [-0.4, -0.2) is 18.6 Å². The van der Waals surface area contributed by atoms with E-state index in [9.17, 15) is 9.18 Å². The third kappa shape index (κ3) is 2.99. The molecule has 0 saturated heterocycles. The van der Waals surface area contributed by atoms with Crippen molar-refractivity contribution in [1.82, 2.24) is 0 Å². The van der Waals surface area contributed by atoms with Gasteiger partial charge >= 0.3 is 0 Å². The lowest BCUT2D eigenvalue weighted by molar-refractivity contribution is -0.126. The molecule has 0 fully saturated rings. The summed E-state index contributed by atoms with van der Waals surface area (Å²) in [6, 6.07) is 11.7. The van der Waals surface area contributed by atoms with Crippen molar-refractivity contribution in [3.63, 3.8) is 0 Å². The third-order valence-corrected chi connectivity index (χ3v) is 3.90. The Morgan fingerprint density at radius 2 is 2.04 bits per heavy atom. The summed E-state index contributed by atoms with van der Waals surface area (Å²) in [5.41, 5.74) is 7.57. The maximum atomic E-state index is 13.9. The number of benzene rings is 2. The summed E-state index contributed by atoms with van der Waals surface area (Å²) in [4.78, 5) is 14.4. The van der Waals surface area contributed by atoms with Gasteiger partial charge in [0.2, 0.25) is 0 Å². The summed E-state index contributed by atoms with van der Waals surface area (Å²) >= 11 is 0. The van der Waals surface area contributed by atoms with Crippen molar-refractivity contribution in [2.75, 3.05) is 17.2 Å². The number of rotatable bonds is 4. The molecular weight excluding hydrogens is 295 g/mol. The summed E-state index contributed by atoms with van der Waals surface area (Å²) in [5.74, 6) is 0.0936. The molecule has 1 unspecified atom stereocenters. The topological polar surface area (TPSA) is 55.6 Å². The van der Waals surface area contributed by atoms with E-state index < -0.39 is 6.10 Å². The lowest BCUT2D eigenvalue weighted by Crippen LogP contribution is -2.47. The summed E-state index contributed by atoms with van der Waals surface area (Å²) in [6.07, 6.45) is 0.273. The van der Waals surface area contributed by atoms with Gasteiger partial charge in [0.25, 0.3) is 5.91 Å². The Hall–Kier alpha value is -2.56. The van der Waals surface area contributed by atoms with Crippen LogP contribution in [0.5, 0.6) is 5.75 Å². The molecule has 2 aromatic rings. The van der Waals surface area contributed by atoms with E-state index in [1.54, 1.807) is 41.3 Å². The van der Waals surface area contributed by atoms with Gasteiger partial charge in [-0.05, 0) is 30.2 Å². The second kappa shape index (κ2) is 6.28. The molecule has 2 N–H and O–H groups in total. The molecule has 1 aliphatic rings. The highest BCUT2D eigenvalue weighted by atomic mass is 19.1. The van der Waals surface area contributed by atoms with Crippen LogP contribution in [0.15, 0.2) is 42.5 Å². The van der Waals surface area contributed by atoms with E-state index in [0.29, 0.717) is 23.5 Å². The molecule has 3 rings (SSSR count). The standard InChI is InChI=1S/C18H19FN2O2/c1-2-9-21-15-8-7-13(20)11-16(15)23-17(18(21)22)10-12-5-3-4-6-14(12)19/h3-8,11,17H,2,9-10,20H2,1H3. The van der Waals surface area contributed by atoms with Gasteiger partial charge in [0.1, 0.15) is 11.6 Å². The number of nitrogen functional groups attached to an aromatic ring is 1. The Morgan fingerprint density at radius 3 is 2.78 bits per heavy atom. The monoisotopic (exact) mass is 314 g/mol. The average molecular weight is 314 g/mol. The van der Waals surface area contributed by atoms with Crippen molar-refractivity contribution in [3.05, 3.63) is 53.8 Å². The average Bonchev–Trinajstić information content (AvgIpc) is 2.53. The molecular formula is C18H19FN2O2. The largest absolute Gasteiger partial charge is 0.478 e. The fourth-order valence-electron chi connectivity index (χ4n) is 2.79. The SMILES string of the molecule is CCCN1C(=O)C(Cc2ccccc2F)Oc2cc(N)ccc21. The Balaban J connectivity index is 1.93. The van der Waals surface area contributed by atoms with Gasteiger partial charge in [-0.25, -0.2) is 4.39 Å². The van der Waals surface area contributed by atoms with Crippen LogP contribution < -0.4 is 15.4 Å². The van der Waals surface area contributed by atoms with Gasteiger partial charge in [-0.2, -0.15) is 0 Å². The molecule has 1 atom stereocenters. The summed E-state index contributed by atoms with van der Waals surface area (Å²) < 4.78 is 19.7. The van der Waals surface area contributed by atoms with E-state index in [1.165, 1.54) is 6.07 Å². The van der Waals surface area contributed by atoms with Crippen LogP contribution in [0.1, 0.15) is 18.9 Å². The van der Waals surface area contributed by atoms with Gasteiger partial charge in [0.05, 0.1) is 5.69 Å². The lowest BCUT2D eigenvalue weighted by Gasteiger charge is -2.34. The number of hydrogen-bond acceptors (Lipinski definition) is 3. The molecule has 0 spiro atoms. The maximum Gasteiger partial charge on any atom is 0.268 e. The third-order valence-electron chi connectivity index (χ3n) is 3.90. The number of anilines is 2. The van der Waals surface area contributed by atoms with E-state index in [1.807, 2.05) is 6.92 Å². The fraction of sp³-hybridized carbons (Fsp3) is 0.278. The first-order chi connectivity index (χ1) is 11.1. The number of ether oxygens (including phenoxy) is 1. The number of carbonyl (C=O) groups is 1. The predicted molar refractivity (Wildman–Crippen MR) is 88.0 cm³/mol. The first-order valence-electron chi connectivity index (χ1n) is 7.71. The lowest BCUT2D eigenvalue weighted by atomic mass is 10.0. The van der Waals surface area contributed by atoms with Crippen molar-refractivity contribution in [3.8, 4) is 5.75 Å². The number of nitrogens with zero attached hydrogens (tertiary/aromatic N) is 1. The highest BCUT2D eigenvalue weighted by Crippen LogP contribution is 2.36. The van der Waals surface area contributed by atoms with E-state index in [0.717, 1.165) is 12.1 Å². The van der Waals surface area contributed by atoms with E-state index in [2.05, 4.69) is 0 Å². The Morgan fingerprint density at radius 1 is 1.26 bits per heavy atom. The van der Waals surface area contributed by atoms with Crippen LogP contribution in [0.2, 0.25) is 0 Å². The van der Waals surface area contributed by atoms with Crippen LogP contribution in [0, 0.1) is 5.82 Å². The first kappa shape index (κ1) is 15.3. The van der Waals surface area contributed by atoms with Gasteiger partial charge < -0.3 is 15.4 Å². The van der Waals surface area contributed by atoms with Crippen molar-refractivity contribution in [2.24, 2.45) is 0 Å². The number of fused-ring (bicyclic) bond motifs is 1. The van der Waals surface area contributed by atoms with Crippen molar-refractivity contribution < 1.29 is 13.9 Å². The molecule has 1 aliphatic heterocycles. The summed E-state index contributed by atoms with van der Waals surface area (Å²) in [6.45, 7) is 2.60. The van der Waals surface area contributed by atoms with Gasteiger partial charge in [-0.3, -0.25) is 4.79 Å². The Kier molecular flexibility index (Phi) is 4.19. The molecule has 0 aliphatic carbocycles. The first-order valence-corrected chi connectivity index (χ1v) is 7.71. The molecule has 1 heterocycles. The van der Waals surface area contributed by atoms with Gasteiger partial charge in [0, 0.05) is 24.7 Å².